The highest BCUT2D eigenvalue weighted by Crippen LogP contribution is 2.32. The Morgan fingerprint density at radius 1 is 0.694 bits per heavy atom. The van der Waals surface area contributed by atoms with Crippen LogP contribution in [0.15, 0.2) is 109 Å². The molecule has 5 rings (SSSR count). The minimum atomic E-state index is -0.122. The first-order valence-electron chi connectivity index (χ1n) is 12.6. The second kappa shape index (κ2) is 11.7. The number of likely N-dealkylation sites (tertiary alicyclic amines) is 1. The van der Waals surface area contributed by atoms with Gasteiger partial charge >= 0.3 is 0 Å². The number of rotatable bonds is 10. The van der Waals surface area contributed by atoms with Gasteiger partial charge in [0.1, 0.15) is 13.2 Å². The lowest BCUT2D eigenvalue weighted by Crippen LogP contribution is -2.35. The average Bonchev–Trinajstić information content (AvgIpc) is 3.40. The molecule has 1 saturated heterocycles. The van der Waals surface area contributed by atoms with E-state index in [0.717, 1.165) is 37.1 Å². The first-order valence-corrected chi connectivity index (χ1v) is 12.6. The predicted octanol–water partition coefficient (Wildman–Crippen LogP) is 6.69. The third kappa shape index (κ3) is 6.02. The first kappa shape index (κ1) is 23.8. The zero-order valence-electron chi connectivity index (χ0n) is 20.4. The van der Waals surface area contributed by atoms with Crippen LogP contribution in [-0.2, 0) is 19.8 Å². The van der Waals surface area contributed by atoms with Crippen molar-refractivity contribution in [2.75, 3.05) is 6.54 Å². The number of ether oxygens (including phenoxy) is 2. The topological polar surface area (TPSA) is 38.8 Å². The molecule has 0 radical (unpaired) electrons. The largest absolute Gasteiger partial charge is 0.485 e. The Balaban J connectivity index is 1.35. The van der Waals surface area contributed by atoms with Crippen molar-refractivity contribution in [3.8, 4) is 11.5 Å². The fourth-order valence-corrected chi connectivity index (χ4v) is 4.69. The van der Waals surface area contributed by atoms with E-state index in [2.05, 4.69) is 17.0 Å². The Morgan fingerprint density at radius 2 is 1.25 bits per heavy atom. The molecule has 1 aliphatic heterocycles. The monoisotopic (exact) mass is 477 g/mol. The molecular formula is C32H31NO3. The molecule has 1 atom stereocenters. The maximum atomic E-state index is 13.6. The van der Waals surface area contributed by atoms with Gasteiger partial charge in [-0.2, -0.15) is 0 Å². The van der Waals surface area contributed by atoms with E-state index in [9.17, 15) is 4.79 Å². The van der Waals surface area contributed by atoms with E-state index in [-0.39, 0.29) is 11.8 Å². The molecule has 4 nitrogen and oxygen atoms in total. The van der Waals surface area contributed by atoms with Gasteiger partial charge in [0.15, 0.2) is 17.3 Å². The quantitative estimate of drug-likeness (QED) is 0.239. The number of carbonyl (C=O) groups is 1. The molecule has 4 aromatic carbocycles. The molecule has 0 aliphatic carbocycles. The van der Waals surface area contributed by atoms with Crippen LogP contribution in [0.1, 0.15) is 39.9 Å². The molecule has 4 aromatic rings. The van der Waals surface area contributed by atoms with Gasteiger partial charge in [-0.1, -0.05) is 91.0 Å². The summed E-state index contributed by atoms with van der Waals surface area (Å²) in [6.07, 6.45) is 1.90. The molecule has 36 heavy (non-hydrogen) atoms. The zero-order chi connectivity index (χ0) is 24.6. The summed E-state index contributed by atoms with van der Waals surface area (Å²) in [4.78, 5) is 15.9. The highest BCUT2D eigenvalue weighted by Gasteiger charge is 2.31. The molecule has 0 amide bonds. The minimum absolute atomic E-state index is 0.122. The Labute approximate surface area is 213 Å². The van der Waals surface area contributed by atoms with E-state index in [0.29, 0.717) is 30.3 Å². The standard InChI is InChI=1S/C32H31NO3/c34-32(29-17-10-20-33(29)22-25-11-4-1-5-12-25)28-18-19-30(35-23-26-13-6-2-7-14-26)31(21-28)36-24-27-15-8-3-9-16-27/h1-9,11-16,18-19,21,29H,10,17,20,22-24H2. The van der Waals surface area contributed by atoms with E-state index < -0.39 is 0 Å². The maximum Gasteiger partial charge on any atom is 0.180 e. The minimum Gasteiger partial charge on any atom is -0.485 e. The highest BCUT2D eigenvalue weighted by molar-refractivity contribution is 6.00. The van der Waals surface area contributed by atoms with Gasteiger partial charge in [-0.05, 0) is 54.3 Å². The van der Waals surface area contributed by atoms with Crippen LogP contribution in [0.5, 0.6) is 11.5 Å². The van der Waals surface area contributed by atoms with Crippen molar-refractivity contribution in [3.63, 3.8) is 0 Å². The van der Waals surface area contributed by atoms with Crippen molar-refractivity contribution < 1.29 is 14.3 Å². The third-order valence-corrected chi connectivity index (χ3v) is 6.60. The number of carbonyl (C=O) groups excluding carboxylic acids is 1. The van der Waals surface area contributed by atoms with Crippen LogP contribution in [0.2, 0.25) is 0 Å². The normalized spacial score (nSPS) is 15.5. The molecule has 1 heterocycles. The maximum absolute atomic E-state index is 13.6. The summed E-state index contributed by atoms with van der Waals surface area (Å²) >= 11 is 0. The van der Waals surface area contributed by atoms with Gasteiger partial charge in [-0.15, -0.1) is 0 Å². The second-order valence-electron chi connectivity index (χ2n) is 9.19. The molecule has 1 fully saturated rings. The lowest BCUT2D eigenvalue weighted by atomic mass is 10.0. The first-order chi connectivity index (χ1) is 17.8. The summed E-state index contributed by atoms with van der Waals surface area (Å²) in [6.45, 7) is 2.56. The predicted molar refractivity (Wildman–Crippen MR) is 142 cm³/mol. The molecule has 0 N–H and O–H groups in total. The molecule has 0 bridgehead atoms. The molecule has 0 aromatic heterocycles. The third-order valence-electron chi connectivity index (χ3n) is 6.60. The van der Waals surface area contributed by atoms with Crippen molar-refractivity contribution in [1.29, 1.82) is 0 Å². The number of ketones is 1. The van der Waals surface area contributed by atoms with Crippen LogP contribution >= 0.6 is 0 Å². The molecule has 1 aliphatic rings. The van der Waals surface area contributed by atoms with E-state index in [1.807, 2.05) is 97.1 Å². The summed E-state index contributed by atoms with van der Waals surface area (Å²) in [5, 5.41) is 0. The molecule has 0 spiro atoms. The Kier molecular flexibility index (Phi) is 7.74. The van der Waals surface area contributed by atoms with Gasteiger partial charge < -0.3 is 9.47 Å². The summed E-state index contributed by atoms with van der Waals surface area (Å²) in [5.74, 6) is 1.37. The van der Waals surface area contributed by atoms with Crippen molar-refractivity contribution in [3.05, 3.63) is 131 Å². The Hall–Kier alpha value is -3.89. The fourth-order valence-electron chi connectivity index (χ4n) is 4.69. The average molecular weight is 478 g/mol. The number of benzene rings is 4. The van der Waals surface area contributed by atoms with Crippen molar-refractivity contribution >= 4 is 5.78 Å². The zero-order valence-corrected chi connectivity index (χ0v) is 20.4. The lowest BCUT2D eigenvalue weighted by Gasteiger charge is -2.24. The van der Waals surface area contributed by atoms with E-state index in [1.165, 1.54) is 5.56 Å². The van der Waals surface area contributed by atoms with Crippen LogP contribution < -0.4 is 9.47 Å². The van der Waals surface area contributed by atoms with Gasteiger partial charge in [0.05, 0.1) is 6.04 Å². The molecule has 1 unspecified atom stereocenters. The van der Waals surface area contributed by atoms with Gasteiger partial charge in [-0.25, -0.2) is 0 Å². The summed E-state index contributed by atoms with van der Waals surface area (Å²) in [5.41, 5.74) is 4.03. The Morgan fingerprint density at radius 3 is 1.86 bits per heavy atom. The van der Waals surface area contributed by atoms with Crippen molar-refractivity contribution in [2.24, 2.45) is 0 Å². The van der Waals surface area contributed by atoms with Crippen LogP contribution in [0.3, 0.4) is 0 Å². The SMILES string of the molecule is O=C(c1ccc(OCc2ccccc2)c(OCc2ccccc2)c1)C1CCCN1Cc1ccccc1. The smallest absolute Gasteiger partial charge is 0.180 e. The second-order valence-corrected chi connectivity index (χ2v) is 9.19. The summed E-state index contributed by atoms with van der Waals surface area (Å²) in [7, 11) is 0. The van der Waals surface area contributed by atoms with Crippen molar-refractivity contribution in [2.45, 2.75) is 38.6 Å². The number of Topliss-reactive ketones (excluding diaryl/α,β-unsaturated/α-hetero) is 1. The van der Waals surface area contributed by atoms with Crippen molar-refractivity contribution in [1.82, 2.24) is 4.90 Å². The van der Waals surface area contributed by atoms with Gasteiger partial charge in [-0.3, -0.25) is 9.69 Å². The fraction of sp³-hybridized carbons (Fsp3) is 0.219. The van der Waals surface area contributed by atoms with Gasteiger partial charge in [0, 0.05) is 12.1 Å². The Bertz CT molecular complexity index is 1260. The van der Waals surface area contributed by atoms with Gasteiger partial charge in [0.25, 0.3) is 0 Å². The molecule has 0 saturated carbocycles. The van der Waals surface area contributed by atoms with E-state index in [1.54, 1.807) is 0 Å². The van der Waals surface area contributed by atoms with Crippen LogP contribution in [0.4, 0.5) is 0 Å². The summed E-state index contributed by atoms with van der Waals surface area (Å²) < 4.78 is 12.3. The van der Waals surface area contributed by atoms with Crippen LogP contribution in [0, 0.1) is 0 Å². The molecule has 182 valence electrons. The van der Waals surface area contributed by atoms with E-state index in [4.69, 9.17) is 9.47 Å². The molecule has 4 heteroatoms. The number of hydrogen-bond acceptors (Lipinski definition) is 4. The van der Waals surface area contributed by atoms with Crippen LogP contribution in [-0.4, -0.2) is 23.3 Å². The van der Waals surface area contributed by atoms with Gasteiger partial charge in [0.2, 0.25) is 0 Å². The lowest BCUT2D eigenvalue weighted by molar-refractivity contribution is 0.0861. The number of hydrogen-bond donors (Lipinski definition) is 0. The highest BCUT2D eigenvalue weighted by atomic mass is 16.5. The molecular weight excluding hydrogens is 446 g/mol. The van der Waals surface area contributed by atoms with Crippen LogP contribution in [0.25, 0.3) is 0 Å². The summed E-state index contributed by atoms with van der Waals surface area (Å²) in [6, 6.07) is 35.9. The number of nitrogens with zero attached hydrogens (tertiary/aromatic N) is 1. The van der Waals surface area contributed by atoms with E-state index >= 15 is 0 Å².